The average Bonchev–Trinajstić information content (AvgIpc) is 3.13. The summed E-state index contributed by atoms with van der Waals surface area (Å²) in [4.78, 5) is 13.3. The lowest BCUT2D eigenvalue weighted by atomic mass is 10.1. The molecule has 0 aliphatic rings. The van der Waals surface area contributed by atoms with Crippen molar-refractivity contribution < 1.29 is 9.47 Å². The van der Waals surface area contributed by atoms with E-state index >= 15 is 0 Å². The lowest BCUT2D eigenvalue weighted by Crippen LogP contribution is -2.02. The third kappa shape index (κ3) is 3.96. The first-order valence-electron chi connectivity index (χ1n) is 9.47. The van der Waals surface area contributed by atoms with E-state index in [1.807, 2.05) is 42.8 Å². The van der Waals surface area contributed by atoms with Crippen molar-refractivity contribution in [1.29, 1.82) is 0 Å². The molecule has 0 fully saturated rings. The molecule has 4 aromatic rings. The zero-order valence-electron chi connectivity index (χ0n) is 17.3. The highest BCUT2D eigenvalue weighted by Gasteiger charge is 2.17. The summed E-state index contributed by atoms with van der Waals surface area (Å²) in [6.45, 7) is 6.07. The summed E-state index contributed by atoms with van der Waals surface area (Å²) in [7, 11) is 3.52. The minimum Gasteiger partial charge on any atom is -0.495 e. The number of fused-ring (bicyclic) bond motifs is 1. The molecule has 1 aromatic carbocycles. The zero-order chi connectivity index (χ0) is 22.1. The van der Waals surface area contributed by atoms with Crippen molar-refractivity contribution in [2.75, 3.05) is 7.11 Å². The van der Waals surface area contributed by atoms with Gasteiger partial charge in [0.05, 0.1) is 23.4 Å². The third-order valence-electron chi connectivity index (χ3n) is 5.02. The molecule has 0 aliphatic carbocycles. The maximum Gasteiger partial charge on any atom is 0.146 e. The smallest absolute Gasteiger partial charge is 0.146 e. The number of hydrogen-bond acceptors (Lipinski definition) is 5. The minimum absolute atomic E-state index is 0.199. The van der Waals surface area contributed by atoms with Gasteiger partial charge in [-0.05, 0) is 19.1 Å². The van der Waals surface area contributed by atoms with Crippen LogP contribution >= 0.6 is 23.2 Å². The van der Waals surface area contributed by atoms with E-state index in [2.05, 4.69) is 16.5 Å². The predicted molar refractivity (Wildman–Crippen MR) is 123 cm³/mol. The van der Waals surface area contributed by atoms with Gasteiger partial charge >= 0.3 is 0 Å². The Hall–Kier alpha value is -3.09. The van der Waals surface area contributed by atoms with Gasteiger partial charge in [-0.3, -0.25) is 4.98 Å². The van der Waals surface area contributed by atoms with Crippen molar-refractivity contribution in [3.8, 4) is 17.1 Å². The number of imidazole rings is 1. The van der Waals surface area contributed by atoms with Gasteiger partial charge in [-0.2, -0.15) is 0 Å². The van der Waals surface area contributed by atoms with Gasteiger partial charge in [0.2, 0.25) is 0 Å². The first kappa shape index (κ1) is 21.2. The van der Waals surface area contributed by atoms with Gasteiger partial charge in [0, 0.05) is 41.6 Å². The number of hydrogen-bond donors (Lipinski definition) is 0. The zero-order valence-corrected chi connectivity index (χ0v) is 18.8. The van der Waals surface area contributed by atoms with Crippen molar-refractivity contribution in [1.82, 2.24) is 19.5 Å². The second kappa shape index (κ2) is 8.57. The fourth-order valence-electron chi connectivity index (χ4n) is 3.40. The summed E-state index contributed by atoms with van der Waals surface area (Å²) >= 11 is 12.5. The third-order valence-corrected chi connectivity index (χ3v) is 5.67. The number of ether oxygens (including phenoxy) is 2. The molecule has 0 saturated heterocycles. The van der Waals surface area contributed by atoms with Crippen LogP contribution in [0.15, 0.2) is 49.4 Å². The van der Waals surface area contributed by atoms with E-state index in [9.17, 15) is 0 Å². The van der Waals surface area contributed by atoms with Crippen LogP contribution in [0.3, 0.4) is 0 Å². The van der Waals surface area contributed by atoms with E-state index in [0.29, 0.717) is 27.1 Å². The normalized spacial score (nSPS) is 11.0. The van der Waals surface area contributed by atoms with E-state index in [1.54, 1.807) is 25.7 Å². The number of methoxy groups -OCH3 is 1. The minimum atomic E-state index is 0.199. The molecule has 0 aliphatic heterocycles. The Labute approximate surface area is 190 Å². The van der Waals surface area contributed by atoms with E-state index in [-0.39, 0.29) is 6.61 Å². The van der Waals surface area contributed by atoms with Gasteiger partial charge in [0.15, 0.2) is 0 Å². The van der Waals surface area contributed by atoms with Crippen LogP contribution in [0.1, 0.15) is 17.0 Å². The first-order chi connectivity index (χ1) is 14.9. The highest BCUT2D eigenvalue weighted by Crippen LogP contribution is 2.34. The maximum absolute atomic E-state index is 6.23. The second-order valence-electron chi connectivity index (χ2n) is 6.99. The number of aromatic nitrogens is 4. The molecular formula is C23H20Cl2N4O2. The summed E-state index contributed by atoms with van der Waals surface area (Å²) in [5.41, 5.74) is 3.98. The average molecular weight is 455 g/mol. The Bertz CT molecular complexity index is 1280. The Balaban J connectivity index is 1.79. The SMILES string of the molecule is C=C(OC)c1cnc(-c2cc(C)nc3c(OCc4c(Cl)cncc4Cl)cccc23)n1C. The number of pyridine rings is 2. The summed E-state index contributed by atoms with van der Waals surface area (Å²) < 4.78 is 13.3. The van der Waals surface area contributed by atoms with Gasteiger partial charge in [-0.15, -0.1) is 0 Å². The molecule has 0 spiro atoms. The van der Waals surface area contributed by atoms with Crippen molar-refractivity contribution in [3.05, 3.63) is 76.4 Å². The van der Waals surface area contributed by atoms with Crippen LogP contribution < -0.4 is 4.74 Å². The Morgan fingerprint density at radius 2 is 1.90 bits per heavy atom. The van der Waals surface area contributed by atoms with Gasteiger partial charge in [-0.1, -0.05) is 41.9 Å². The number of para-hydroxylation sites is 1. The number of halogens is 2. The maximum atomic E-state index is 6.23. The van der Waals surface area contributed by atoms with Crippen LogP contribution in [-0.4, -0.2) is 26.6 Å². The van der Waals surface area contributed by atoms with Crippen LogP contribution in [0.25, 0.3) is 28.0 Å². The molecule has 8 heteroatoms. The molecule has 0 bridgehead atoms. The topological polar surface area (TPSA) is 62.1 Å². The lowest BCUT2D eigenvalue weighted by Gasteiger charge is -2.14. The summed E-state index contributed by atoms with van der Waals surface area (Å²) in [5, 5.41) is 1.83. The fraction of sp³-hybridized carbons (Fsp3) is 0.174. The van der Waals surface area contributed by atoms with Crippen LogP contribution in [0.5, 0.6) is 5.75 Å². The Morgan fingerprint density at radius 3 is 2.61 bits per heavy atom. The quantitative estimate of drug-likeness (QED) is 0.342. The number of benzene rings is 1. The molecule has 0 saturated carbocycles. The summed E-state index contributed by atoms with van der Waals surface area (Å²) in [6.07, 6.45) is 4.83. The molecule has 0 N–H and O–H groups in total. The monoisotopic (exact) mass is 454 g/mol. The molecule has 4 rings (SSSR count). The highest BCUT2D eigenvalue weighted by atomic mass is 35.5. The molecule has 0 amide bonds. The molecule has 3 heterocycles. The van der Waals surface area contributed by atoms with Crippen molar-refractivity contribution in [2.24, 2.45) is 7.05 Å². The Kier molecular flexibility index (Phi) is 5.85. The molecule has 3 aromatic heterocycles. The largest absolute Gasteiger partial charge is 0.495 e. The number of aryl methyl sites for hydroxylation is 1. The van der Waals surface area contributed by atoms with Crippen molar-refractivity contribution in [3.63, 3.8) is 0 Å². The number of nitrogens with zero attached hydrogens (tertiary/aromatic N) is 4. The molecular weight excluding hydrogens is 435 g/mol. The van der Waals surface area contributed by atoms with Gasteiger partial charge in [-0.25, -0.2) is 9.97 Å². The van der Waals surface area contributed by atoms with Crippen molar-refractivity contribution in [2.45, 2.75) is 13.5 Å². The summed E-state index contributed by atoms with van der Waals surface area (Å²) in [6, 6.07) is 7.80. The van der Waals surface area contributed by atoms with E-state index in [0.717, 1.165) is 33.7 Å². The predicted octanol–water partition coefficient (Wildman–Crippen LogP) is 5.84. The van der Waals surface area contributed by atoms with Gasteiger partial charge in [0.1, 0.15) is 35.2 Å². The van der Waals surface area contributed by atoms with Gasteiger partial charge < -0.3 is 14.0 Å². The number of rotatable bonds is 6. The van der Waals surface area contributed by atoms with E-state index < -0.39 is 0 Å². The van der Waals surface area contributed by atoms with Crippen LogP contribution in [-0.2, 0) is 18.4 Å². The lowest BCUT2D eigenvalue weighted by molar-refractivity contribution is 0.309. The summed E-state index contributed by atoms with van der Waals surface area (Å²) in [5.74, 6) is 1.95. The standard InChI is InChI=1S/C23H20Cl2N4O2/c1-13-8-16(23-27-11-20(29(23)3)14(2)30-4)15-6-5-7-21(22(15)28-13)31-12-17-18(24)9-26-10-19(17)25/h5-11H,2,12H2,1,3-4H3. The van der Waals surface area contributed by atoms with E-state index in [4.69, 9.17) is 37.7 Å². The first-order valence-corrected chi connectivity index (χ1v) is 10.2. The van der Waals surface area contributed by atoms with Crippen LogP contribution in [0, 0.1) is 6.92 Å². The highest BCUT2D eigenvalue weighted by molar-refractivity contribution is 6.35. The Morgan fingerprint density at radius 1 is 1.16 bits per heavy atom. The van der Waals surface area contributed by atoms with Crippen molar-refractivity contribution >= 4 is 39.9 Å². The molecule has 31 heavy (non-hydrogen) atoms. The molecule has 158 valence electrons. The second-order valence-corrected chi connectivity index (χ2v) is 7.80. The molecule has 0 atom stereocenters. The van der Waals surface area contributed by atoms with Crippen LogP contribution in [0.4, 0.5) is 0 Å². The van der Waals surface area contributed by atoms with Crippen LogP contribution in [0.2, 0.25) is 10.0 Å². The fourth-order valence-corrected chi connectivity index (χ4v) is 3.87. The van der Waals surface area contributed by atoms with Gasteiger partial charge in [0.25, 0.3) is 0 Å². The molecule has 0 radical (unpaired) electrons. The van der Waals surface area contributed by atoms with E-state index in [1.165, 1.54) is 0 Å². The molecule has 0 unspecified atom stereocenters. The molecule has 6 nitrogen and oxygen atoms in total.